The molecule has 3 heteroatoms. The Morgan fingerprint density at radius 3 is 2.65 bits per heavy atom. The lowest BCUT2D eigenvalue weighted by atomic mass is 9.89. The Morgan fingerprint density at radius 2 is 2.00 bits per heavy atom. The summed E-state index contributed by atoms with van der Waals surface area (Å²) in [5.41, 5.74) is 7.58. The summed E-state index contributed by atoms with van der Waals surface area (Å²) in [6.07, 6.45) is 5.18. The standard InChI is InChI=1S/C14H22N2O/c1-10-3-6-12(7-4-10)17-14-8-5-11(2)16-13(14)9-15/h5,8,10,12H,3-4,6-7,9,15H2,1-2H3. The molecule has 1 heterocycles. The first-order chi connectivity index (χ1) is 8.19. The van der Waals surface area contributed by atoms with Crippen LogP contribution in [-0.2, 0) is 6.54 Å². The highest BCUT2D eigenvalue weighted by atomic mass is 16.5. The zero-order chi connectivity index (χ0) is 12.3. The van der Waals surface area contributed by atoms with E-state index in [-0.39, 0.29) is 0 Å². The van der Waals surface area contributed by atoms with Crippen molar-refractivity contribution in [2.45, 2.75) is 52.2 Å². The number of aryl methyl sites for hydroxylation is 1. The quantitative estimate of drug-likeness (QED) is 0.874. The molecule has 1 aromatic rings. The van der Waals surface area contributed by atoms with Gasteiger partial charge < -0.3 is 10.5 Å². The third kappa shape index (κ3) is 3.19. The lowest BCUT2D eigenvalue weighted by molar-refractivity contribution is 0.133. The molecule has 0 bridgehead atoms. The Hall–Kier alpha value is -1.09. The fraction of sp³-hybridized carbons (Fsp3) is 0.643. The first-order valence-electron chi connectivity index (χ1n) is 6.52. The predicted molar refractivity (Wildman–Crippen MR) is 68.9 cm³/mol. The van der Waals surface area contributed by atoms with E-state index in [1.54, 1.807) is 0 Å². The van der Waals surface area contributed by atoms with Crippen LogP contribution in [0.15, 0.2) is 12.1 Å². The van der Waals surface area contributed by atoms with Crippen molar-refractivity contribution in [1.82, 2.24) is 4.98 Å². The summed E-state index contributed by atoms with van der Waals surface area (Å²) < 4.78 is 6.04. The highest BCUT2D eigenvalue weighted by Crippen LogP contribution is 2.28. The van der Waals surface area contributed by atoms with E-state index in [1.165, 1.54) is 12.8 Å². The molecule has 94 valence electrons. The molecule has 1 aromatic heterocycles. The summed E-state index contributed by atoms with van der Waals surface area (Å²) in [7, 11) is 0. The molecule has 1 fully saturated rings. The molecule has 3 nitrogen and oxygen atoms in total. The number of ether oxygens (including phenoxy) is 1. The van der Waals surface area contributed by atoms with Gasteiger partial charge in [-0.15, -0.1) is 0 Å². The first kappa shape index (κ1) is 12.4. The Balaban J connectivity index is 2.03. The molecule has 2 rings (SSSR count). The molecule has 0 spiro atoms. The van der Waals surface area contributed by atoms with Crippen molar-refractivity contribution in [3.05, 3.63) is 23.5 Å². The molecule has 0 unspecified atom stereocenters. The molecule has 2 N–H and O–H groups in total. The molecule has 0 amide bonds. The number of pyridine rings is 1. The van der Waals surface area contributed by atoms with Gasteiger partial charge in [0.05, 0.1) is 11.8 Å². The maximum atomic E-state index is 6.04. The third-order valence-corrected chi connectivity index (χ3v) is 3.52. The molecule has 1 aliphatic rings. The molecule has 0 saturated heterocycles. The van der Waals surface area contributed by atoms with Gasteiger partial charge in [0.1, 0.15) is 5.75 Å². The highest BCUT2D eigenvalue weighted by Gasteiger charge is 2.20. The number of rotatable bonds is 3. The summed E-state index contributed by atoms with van der Waals surface area (Å²) in [6.45, 7) is 4.74. The largest absolute Gasteiger partial charge is 0.488 e. The number of aromatic nitrogens is 1. The van der Waals surface area contributed by atoms with E-state index >= 15 is 0 Å². The van der Waals surface area contributed by atoms with Gasteiger partial charge in [-0.1, -0.05) is 6.92 Å². The summed E-state index contributed by atoms with van der Waals surface area (Å²) in [6, 6.07) is 3.99. The first-order valence-corrected chi connectivity index (χ1v) is 6.52. The summed E-state index contributed by atoms with van der Waals surface area (Å²) >= 11 is 0. The normalized spacial score (nSPS) is 24.6. The maximum absolute atomic E-state index is 6.04. The monoisotopic (exact) mass is 234 g/mol. The zero-order valence-electron chi connectivity index (χ0n) is 10.8. The van der Waals surface area contributed by atoms with Crippen molar-refractivity contribution in [2.24, 2.45) is 11.7 Å². The summed E-state index contributed by atoms with van der Waals surface area (Å²) in [5.74, 6) is 1.72. The predicted octanol–water partition coefficient (Wildman–Crippen LogP) is 2.81. The molecule has 0 radical (unpaired) electrons. The maximum Gasteiger partial charge on any atom is 0.142 e. The highest BCUT2D eigenvalue weighted by molar-refractivity contribution is 5.29. The minimum atomic E-state index is 0.348. The second kappa shape index (κ2) is 5.50. The molecular formula is C14H22N2O. The van der Waals surface area contributed by atoms with Gasteiger partial charge in [-0.3, -0.25) is 4.98 Å². The van der Waals surface area contributed by atoms with E-state index < -0.39 is 0 Å². The summed E-state index contributed by atoms with van der Waals surface area (Å²) in [4.78, 5) is 4.42. The van der Waals surface area contributed by atoms with Crippen molar-refractivity contribution in [1.29, 1.82) is 0 Å². The van der Waals surface area contributed by atoms with Crippen molar-refractivity contribution >= 4 is 0 Å². The second-order valence-corrected chi connectivity index (χ2v) is 5.10. The van der Waals surface area contributed by atoms with Crippen LogP contribution in [0, 0.1) is 12.8 Å². The van der Waals surface area contributed by atoms with Crippen LogP contribution in [0.1, 0.15) is 44.0 Å². The van der Waals surface area contributed by atoms with Crippen LogP contribution < -0.4 is 10.5 Å². The fourth-order valence-electron chi connectivity index (χ4n) is 2.38. The topological polar surface area (TPSA) is 48.1 Å². The fourth-order valence-corrected chi connectivity index (χ4v) is 2.38. The smallest absolute Gasteiger partial charge is 0.142 e. The van der Waals surface area contributed by atoms with Gasteiger partial charge >= 0.3 is 0 Å². The molecule has 0 aliphatic heterocycles. The van der Waals surface area contributed by atoms with E-state index in [2.05, 4.69) is 11.9 Å². The van der Waals surface area contributed by atoms with E-state index in [0.717, 1.165) is 35.9 Å². The van der Waals surface area contributed by atoms with Crippen molar-refractivity contribution < 1.29 is 4.74 Å². The van der Waals surface area contributed by atoms with E-state index in [0.29, 0.717) is 12.6 Å². The van der Waals surface area contributed by atoms with Crippen LogP contribution in [0.25, 0.3) is 0 Å². The average Bonchev–Trinajstić information content (AvgIpc) is 2.34. The average molecular weight is 234 g/mol. The Labute approximate surface area is 103 Å². The lowest BCUT2D eigenvalue weighted by Crippen LogP contribution is -2.24. The van der Waals surface area contributed by atoms with Crippen LogP contribution in [0.4, 0.5) is 0 Å². The molecule has 0 atom stereocenters. The Bertz CT molecular complexity index is 370. The Morgan fingerprint density at radius 1 is 1.29 bits per heavy atom. The number of hydrogen-bond donors (Lipinski definition) is 1. The molecule has 17 heavy (non-hydrogen) atoms. The molecule has 1 aliphatic carbocycles. The van der Waals surface area contributed by atoms with Gasteiger partial charge in [-0.2, -0.15) is 0 Å². The number of nitrogens with zero attached hydrogens (tertiary/aromatic N) is 1. The van der Waals surface area contributed by atoms with Crippen molar-refractivity contribution in [3.63, 3.8) is 0 Å². The zero-order valence-corrected chi connectivity index (χ0v) is 10.8. The number of hydrogen-bond acceptors (Lipinski definition) is 3. The van der Waals surface area contributed by atoms with Crippen LogP contribution >= 0.6 is 0 Å². The van der Waals surface area contributed by atoms with Crippen LogP contribution in [-0.4, -0.2) is 11.1 Å². The molecule has 1 saturated carbocycles. The number of nitrogens with two attached hydrogens (primary N) is 1. The van der Waals surface area contributed by atoms with Crippen molar-refractivity contribution in [3.8, 4) is 5.75 Å². The third-order valence-electron chi connectivity index (χ3n) is 3.52. The molecule has 0 aromatic carbocycles. The van der Waals surface area contributed by atoms with Crippen LogP contribution in [0.2, 0.25) is 0 Å². The van der Waals surface area contributed by atoms with Gasteiger partial charge in [-0.25, -0.2) is 0 Å². The SMILES string of the molecule is Cc1ccc(OC2CCC(C)CC2)c(CN)n1. The Kier molecular flexibility index (Phi) is 4.00. The van der Waals surface area contributed by atoms with E-state index in [1.807, 2.05) is 19.1 Å². The second-order valence-electron chi connectivity index (χ2n) is 5.10. The summed E-state index contributed by atoms with van der Waals surface area (Å²) in [5, 5.41) is 0. The van der Waals surface area contributed by atoms with Gasteiger partial charge in [0.15, 0.2) is 0 Å². The van der Waals surface area contributed by atoms with Crippen LogP contribution in [0.5, 0.6) is 5.75 Å². The minimum Gasteiger partial charge on any atom is -0.488 e. The minimum absolute atomic E-state index is 0.348. The van der Waals surface area contributed by atoms with Gasteiger partial charge in [-0.05, 0) is 50.7 Å². The van der Waals surface area contributed by atoms with Crippen molar-refractivity contribution in [2.75, 3.05) is 0 Å². The van der Waals surface area contributed by atoms with Gasteiger partial charge in [0.25, 0.3) is 0 Å². The lowest BCUT2D eigenvalue weighted by Gasteiger charge is -2.27. The molecular weight excluding hydrogens is 212 g/mol. The van der Waals surface area contributed by atoms with E-state index in [9.17, 15) is 0 Å². The van der Waals surface area contributed by atoms with Gasteiger partial charge in [0.2, 0.25) is 0 Å². The van der Waals surface area contributed by atoms with Gasteiger partial charge in [0, 0.05) is 12.2 Å². The van der Waals surface area contributed by atoms with Crippen LogP contribution in [0.3, 0.4) is 0 Å². The van der Waals surface area contributed by atoms with E-state index in [4.69, 9.17) is 10.5 Å².